The van der Waals surface area contributed by atoms with Crippen molar-refractivity contribution in [2.75, 3.05) is 17.2 Å². The van der Waals surface area contributed by atoms with Gasteiger partial charge in [0.2, 0.25) is 5.91 Å². The minimum atomic E-state index is -0.128. The van der Waals surface area contributed by atoms with Crippen molar-refractivity contribution in [2.24, 2.45) is 5.92 Å². The third-order valence-electron chi connectivity index (χ3n) is 4.20. The number of nitrogens with zero attached hydrogens (tertiary/aromatic N) is 1. The number of aryl methyl sites for hydroxylation is 1. The molecule has 0 saturated carbocycles. The van der Waals surface area contributed by atoms with Gasteiger partial charge in [0.05, 0.1) is 0 Å². The predicted molar refractivity (Wildman–Crippen MR) is 111 cm³/mol. The Balaban J connectivity index is 1.99. The van der Waals surface area contributed by atoms with Crippen LogP contribution in [0.3, 0.4) is 0 Å². The number of benzene rings is 2. The molecule has 0 aromatic heterocycles. The van der Waals surface area contributed by atoms with E-state index in [4.69, 9.17) is 0 Å². The smallest absolute Gasteiger partial charge is 0.322 e. The van der Waals surface area contributed by atoms with Crippen molar-refractivity contribution in [2.45, 2.75) is 40.7 Å². The van der Waals surface area contributed by atoms with E-state index in [2.05, 4.69) is 41.8 Å². The van der Waals surface area contributed by atoms with Gasteiger partial charge >= 0.3 is 6.03 Å². The number of rotatable bonds is 7. The Hall–Kier alpha value is -2.82. The van der Waals surface area contributed by atoms with E-state index in [9.17, 15) is 9.59 Å². The first kappa shape index (κ1) is 20.5. The highest BCUT2D eigenvalue weighted by atomic mass is 16.2. The molecule has 0 aliphatic carbocycles. The Morgan fingerprint density at radius 2 is 1.48 bits per heavy atom. The highest BCUT2D eigenvalue weighted by Gasteiger charge is 2.14. The van der Waals surface area contributed by atoms with Gasteiger partial charge in [-0.15, -0.1) is 0 Å². The molecule has 0 saturated heterocycles. The number of carbonyl (C=O) groups is 2. The van der Waals surface area contributed by atoms with Gasteiger partial charge in [0.15, 0.2) is 0 Å². The molecule has 2 rings (SSSR count). The number of urea groups is 1. The summed E-state index contributed by atoms with van der Waals surface area (Å²) in [6.45, 7) is 9.06. The number of amides is 3. The Morgan fingerprint density at radius 1 is 0.926 bits per heavy atom. The lowest BCUT2D eigenvalue weighted by Gasteiger charge is -2.23. The second-order valence-corrected chi connectivity index (χ2v) is 7.06. The Morgan fingerprint density at radius 3 is 2.00 bits per heavy atom. The van der Waals surface area contributed by atoms with Crippen LogP contribution in [0.5, 0.6) is 0 Å². The Labute approximate surface area is 161 Å². The molecule has 2 N–H and O–H groups in total. The van der Waals surface area contributed by atoms with Crippen LogP contribution in [-0.4, -0.2) is 23.4 Å². The zero-order valence-corrected chi connectivity index (χ0v) is 16.6. The van der Waals surface area contributed by atoms with Crippen LogP contribution < -0.4 is 10.6 Å². The second-order valence-electron chi connectivity index (χ2n) is 7.06. The summed E-state index contributed by atoms with van der Waals surface area (Å²) >= 11 is 0. The topological polar surface area (TPSA) is 61.4 Å². The van der Waals surface area contributed by atoms with E-state index < -0.39 is 0 Å². The number of carbonyl (C=O) groups excluding carboxylic acids is 2. The fourth-order valence-electron chi connectivity index (χ4n) is 2.56. The fourth-order valence-corrected chi connectivity index (χ4v) is 2.56. The van der Waals surface area contributed by atoms with Gasteiger partial charge in [0.1, 0.15) is 0 Å². The molecule has 3 amide bonds. The number of anilines is 2. The van der Waals surface area contributed by atoms with E-state index in [1.165, 1.54) is 5.56 Å². The van der Waals surface area contributed by atoms with Gasteiger partial charge in [-0.25, -0.2) is 4.79 Å². The molecule has 144 valence electrons. The molecule has 5 nitrogen and oxygen atoms in total. The lowest BCUT2D eigenvalue weighted by atomic mass is 10.1. The van der Waals surface area contributed by atoms with Crippen molar-refractivity contribution in [3.8, 4) is 0 Å². The number of hydrogen-bond donors (Lipinski definition) is 2. The summed E-state index contributed by atoms with van der Waals surface area (Å²) in [6, 6.07) is 15.3. The summed E-state index contributed by atoms with van der Waals surface area (Å²) in [5.41, 5.74) is 3.73. The zero-order chi connectivity index (χ0) is 19.8. The molecule has 2 aromatic rings. The Bertz CT molecular complexity index is 752. The predicted octanol–water partition coefficient (Wildman–Crippen LogP) is 5.03. The van der Waals surface area contributed by atoms with Crippen LogP contribution in [0.15, 0.2) is 48.5 Å². The molecular weight excluding hydrogens is 338 g/mol. The van der Waals surface area contributed by atoms with E-state index in [-0.39, 0.29) is 17.9 Å². The summed E-state index contributed by atoms with van der Waals surface area (Å²) in [6.07, 6.45) is 0.888. The first-order valence-electron chi connectivity index (χ1n) is 9.41. The van der Waals surface area contributed by atoms with Crippen LogP contribution in [-0.2, 0) is 11.3 Å². The van der Waals surface area contributed by atoms with Crippen LogP contribution in [0.2, 0.25) is 0 Å². The van der Waals surface area contributed by atoms with Crippen LogP contribution >= 0.6 is 0 Å². The molecular formula is C22H29N3O2. The van der Waals surface area contributed by atoms with Gasteiger partial charge in [-0.05, 0) is 43.2 Å². The average molecular weight is 367 g/mol. The quantitative estimate of drug-likeness (QED) is 0.721. The monoisotopic (exact) mass is 367 g/mol. The van der Waals surface area contributed by atoms with Crippen LogP contribution in [0.4, 0.5) is 16.2 Å². The summed E-state index contributed by atoms with van der Waals surface area (Å²) < 4.78 is 0. The maximum atomic E-state index is 12.7. The van der Waals surface area contributed by atoms with Crippen molar-refractivity contribution in [3.05, 3.63) is 59.7 Å². The van der Waals surface area contributed by atoms with Crippen molar-refractivity contribution in [1.82, 2.24) is 4.90 Å². The van der Waals surface area contributed by atoms with Gasteiger partial charge in [-0.3, -0.25) is 4.79 Å². The molecule has 5 heteroatoms. The SMILES string of the molecule is CCCN(Cc1ccc(C)cc1)C(=O)Nc1ccc(NC(=O)C(C)C)cc1. The molecule has 0 atom stereocenters. The van der Waals surface area contributed by atoms with Crippen molar-refractivity contribution in [1.29, 1.82) is 0 Å². The van der Waals surface area contributed by atoms with Crippen LogP contribution in [0.1, 0.15) is 38.3 Å². The summed E-state index contributed by atoms with van der Waals surface area (Å²) in [5.74, 6) is -0.104. The summed E-state index contributed by atoms with van der Waals surface area (Å²) in [4.78, 5) is 26.2. The molecule has 0 unspecified atom stereocenters. The lowest BCUT2D eigenvalue weighted by Crippen LogP contribution is -2.35. The fraction of sp³-hybridized carbons (Fsp3) is 0.364. The zero-order valence-electron chi connectivity index (χ0n) is 16.6. The molecule has 0 aliphatic heterocycles. The standard InChI is InChI=1S/C22H29N3O2/c1-5-14-25(15-18-8-6-17(4)7-9-18)22(27)24-20-12-10-19(11-13-20)23-21(26)16(2)3/h6-13,16H,5,14-15H2,1-4H3,(H,23,26)(H,24,27). The van der Waals surface area contributed by atoms with Gasteiger partial charge < -0.3 is 15.5 Å². The molecule has 0 bridgehead atoms. The molecule has 0 aliphatic rings. The van der Waals surface area contributed by atoms with Crippen LogP contribution in [0.25, 0.3) is 0 Å². The highest BCUT2D eigenvalue weighted by molar-refractivity contribution is 5.93. The average Bonchev–Trinajstić information content (AvgIpc) is 2.64. The minimum absolute atomic E-state index is 0.0287. The Kier molecular flexibility index (Phi) is 7.41. The highest BCUT2D eigenvalue weighted by Crippen LogP contribution is 2.16. The lowest BCUT2D eigenvalue weighted by molar-refractivity contribution is -0.118. The third kappa shape index (κ3) is 6.44. The first-order chi connectivity index (χ1) is 12.9. The largest absolute Gasteiger partial charge is 0.326 e. The van der Waals surface area contributed by atoms with Gasteiger partial charge in [-0.1, -0.05) is 50.6 Å². The van der Waals surface area contributed by atoms with Crippen LogP contribution in [0, 0.1) is 12.8 Å². The van der Waals surface area contributed by atoms with E-state index >= 15 is 0 Å². The second kappa shape index (κ2) is 9.76. The van der Waals surface area contributed by atoms with Crippen molar-refractivity contribution < 1.29 is 9.59 Å². The van der Waals surface area contributed by atoms with E-state index in [0.29, 0.717) is 18.8 Å². The molecule has 0 radical (unpaired) electrons. The summed E-state index contributed by atoms with van der Waals surface area (Å²) in [7, 11) is 0. The molecule has 0 fully saturated rings. The molecule has 2 aromatic carbocycles. The van der Waals surface area contributed by atoms with Gasteiger partial charge in [-0.2, -0.15) is 0 Å². The van der Waals surface area contributed by atoms with Gasteiger partial charge in [0, 0.05) is 30.4 Å². The minimum Gasteiger partial charge on any atom is -0.326 e. The number of nitrogens with one attached hydrogen (secondary N) is 2. The van der Waals surface area contributed by atoms with Crippen molar-refractivity contribution in [3.63, 3.8) is 0 Å². The molecule has 0 spiro atoms. The van der Waals surface area contributed by atoms with E-state index in [1.807, 2.05) is 20.8 Å². The van der Waals surface area contributed by atoms with Gasteiger partial charge in [0.25, 0.3) is 0 Å². The summed E-state index contributed by atoms with van der Waals surface area (Å²) in [5, 5.41) is 5.78. The maximum absolute atomic E-state index is 12.7. The molecule has 0 heterocycles. The maximum Gasteiger partial charge on any atom is 0.322 e. The van der Waals surface area contributed by atoms with E-state index in [0.717, 1.165) is 17.7 Å². The van der Waals surface area contributed by atoms with E-state index in [1.54, 1.807) is 29.2 Å². The normalized spacial score (nSPS) is 10.6. The third-order valence-corrected chi connectivity index (χ3v) is 4.20. The molecule has 27 heavy (non-hydrogen) atoms. The number of hydrogen-bond acceptors (Lipinski definition) is 2. The first-order valence-corrected chi connectivity index (χ1v) is 9.41. The van der Waals surface area contributed by atoms with Crippen molar-refractivity contribution >= 4 is 23.3 Å².